The maximum absolute atomic E-state index is 13.1. The fourth-order valence-electron chi connectivity index (χ4n) is 5.41. The maximum Gasteiger partial charge on any atom is 0.315 e. The van der Waals surface area contributed by atoms with Crippen LogP contribution in [0.25, 0.3) is 0 Å². The van der Waals surface area contributed by atoms with Crippen LogP contribution in [0.5, 0.6) is 0 Å². The number of fused-ring (bicyclic) bond motifs is 3. The largest absolute Gasteiger partial charge is 0.468 e. The normalized spacial score (nSPS) is 35.2. The number of aliphatic hydroxyl groups excluding tert-OH is 1. The minimum atomic E-state index is -0.545. The lowest BCUT2D eigenvalue weighted by atomic mass is 9.54. The highest BCUT2D eigenvalue weighted by Gasteiger charge is 2.59. The second-order valence-electron chi connectivity index (χ2n) is 8.49. The van der Waals surface area contributed by atoms with Gasteiger partial charge in [-0.05, 0) is 55.1 Å². The molecule has 0 aromatic carbocycles. The molecule has 1 fully saturated rings. The standard InChI is InChI=1S/C21H30O4/c1-13(2)15-7-8-21(19(24)25-4)10-9-20(3)16(18(15)21)6-5-14(12-22)11-17(20)23/h5,13,16,22H,6-12H2,1-4H3/t16-,20-,21+/m1/s1. The minimum absolute atomic E-state index is 0.0387. The van der Waals surface area contributed by atoms with Gasteiger partial charge in [-0.25, -0.2) is 0 Å². The van der Waals surface area contributed by atoms with Crippen LogP contribution in [0.4, 0.5) is 0 Å². The number of carbonyl (C=O) groups excluding carboxylic acids is 2. The summed E-state index contributed by atoms with van der Waals surface area (Å²) in [6, 6.07) is 0. The van der Waals surface area contributed by atoms with E-state index in [0.29, 0.717) is 25.2 Å². The van der Waals surface area contributed by atoms with Gasteiger partial charge in [0.1, 0.15) is 5.78 Å². The third-order valence-electron chi connectivity index (χ3n) is 7.01. The Bertz CT molecular complexity index is 657. The molecule has 0 amide bonds. The lowest BCUT2D eigenvalue weighted by Crippen LogP contribution is -2.48. The predicted molar refractivity (Wildman–Crippen MR) is 95.8 cm³/mol. The van der Waals surface area contributed by atoms with E-state index < -0.39 is 10.8 Å². The first kappa shape index (κ1) is 18.4. The van der Waals surface area contributed by atoms with E-state index in [1.807, 2.05) is 6.08 Å². The molecule has 0 aromatic heterocycles. The van der Waals surface area contributed by atoms with E-state index >= 15 is 0 Å². The van der Waals surface area contributed by atoms with E-state index in [4.69, 9.17) is 4.74 Å². The summed E-state index contributed by atoms with van der Waals surface area (Å²) in [5, 5.41) is 9.55. The van der Waals surface area contributed by atoms with Crippen molar-refractivity contribution < 1.29 is 19.4 Å². The highest BCUT2D eigenvalue weighted by Crippen LogP contribution is 2.62. The summed E-state index contributed by atoms with van der Waals surface area (Å²) in [4.78, 5) is 25.9. The van der Waals surface area contributed by atoms with Crippen LogP contribution in [-0.4, -0.2) is 30.6 Å². The molecule has 0 radical (unpaired) electrons. The number of aliphatic hydroxyl groups is 1. The summed E-state index contributed by atoms with van der Waals surface area (Å²) in [6.07, 6.45) is 6.22. The number of carbonyl (C=O) groups is 2. The summed E-state index contributed by atoms with van der Waals surface area (Å²) in [5.41, 5.74) is 2.34. The smallest absolute Gasteiger partial charge is 0.315 e. The molecule has 3 rings (SSSR count). The van der Waals surface area contributed by atoms with Crippen molar-refractivity contribution in [3.05, 3.63) is 22.8 Å². The molecule has 0 aromatic rings. The fourth-order valence-corrected chi connectivity index (χ4v) is 5.41. The van der Waals surface area contributed by atoms with E-state index in [0.717, 1.165) is 24.8 Å². The van der Waals surface area contributed by atoms with Crippen LogP contribution >= 0.6 is 0 Å². The molecule has 25 heavy (non-hydrogen) atoms. The van der Waals surface area contributed by atoms with Crippen molar-refractivity contribution in [3.63, 3.8) is 0 Å². The zero-order valence-electron chi connectivity index (χ0n) is 15.9. The third-order valence-corrected chi connectivity index (χ3v) is 7.01. The first-order valence-corrected chi connectivity index (χ1v) is 9.44. The van der Waals surface area contributed by atoms with Gasteiger partial charge in [0.25, 0.3) is 0 Å². The number of ether oxygens (including phenoxy) is 1. The number of allylic oxidation sites excluding steroid dienone is 2. The van der Waals surface area contributed by atoms with Crippen LogP contribution in [0.3, 0.4) is 0 Å². The Labute approximate surface area is 150 Å². The molecular formula is C21H30O4. The van der Waals surface area contributed by atoms with E-state index in [1.54, 1.807) is 0 Å². The number of esters is 1. The van der Waals surface area contributed by atoms with E-state index in [2.05, 4.69) is 20.8 Å². The van der Waals surface area contributed by atoms with Crippen LogP contribution in [0.1, 0.15) is 59.3 Å². The van der Waals surface area contributed by atoms with Gasteiger partial charge in [-0.1, -0.05) is 32.4 Å². The van der Waals surface area contributed by atoms with Crippen molar-refractivity contribution in [2.24, 2.45) is 22.7 Å². The summed E-state index contributed by atoms with van der Waals surface area (Å²) in [5.74, 6) is 0.472. The molecule has 1 saturated carbocycles. The fraction of sp³-hybridized carbons (Fsp3) is 0.714. The lowest BCUT2D eigenvalue weighted by Gasteiger charge is -2.48. The number of rotatable bonds is 3. The summed E-state index contributed by atoms with van der Waals surface area (Å²) in [7, 11) is 1.47. The number of hydrogen-bond acceptors (Lipinski definition) is 4. The molecule has 4 nitrogen and oxygen atoms in total. The summed E-state index contributed by atoms with van der Waals surface area (Å²) >= 11 is 0. The molecule has 0 bridgehead atoms. The molecule has 0 unspecified atom stereocenters. The Morgan fingerprint density at radius 1 is 1.36 bits per heavy atom. The second-order valence-corrected chi connectivity index (χ2v) is 8.49. The molecule has 0 aliphatic heterocycles. The molecule has 0 saturated heterocycles. The van der Waals surface area contributed by atoms with Crippen molar-refractivity contribution in [1.82, 2.24) is 0 Å². The van der Waals surface area contributed by atoms with Gasteiger partial charge in [-0.2, -0.15) is 0 Å². The first-order chi connectivity index (χ1) is 11.8. The van der Waals surface area contributed by atoms with Gasteiger partial charge in [-0.3, -0.25) is 9.59 Å². The molecule has 3 aliphatic carbocycles. The highest BCUT2D eigenvalue weighted by molar-refractivity contribution is 5.90. The van der Waals surface area contributed by atoms with Crippen LogP contribution in [-0.2, 0) is 14.3 Å². The molecule has 3 atom stereocenters. The summed E-state index contributed by atoms with van der Waals surface area (Å²) in [6.45, 7) is 6.36. The molecule has 0 spiro atoms. The van der Waals surface area contributed by atoms with Crippen molar-refractivity contribution in [2.75, 3.05) is 13.7 Å². The van der Waals surface area contributed by atoms with E-state index in [9.17, 15) is 14.7 Å². The van der Waals surface area contributed by atoms with Crippen molar-refractivity contribution in [2.45, 2.75) is 59.3 Å². The first-order valence-electron chi connectivity index (χ1n) is 9.44. The Hall–Kier alpha value is -1.42. The topological polar surface area (TPSA) is 63.6 Å². The second kappa shape index (κ2) is 6.39. The van der Waals surface area contributed by atoms with Crippen LogP contribution in [0.15, 0.2) is 22.8 Å². The Kier molecular flexibility index (Phi) is 4.69. The molecular weight excluding hydrogens is 316 g/mol. The lowest BCUT2D eigenvalue weighted by molar-refractivity contribution is -0.155. The highest BCUT2D eigenvalue weighted by atomic mass is 16.5. The Morgan fingerprint density at radius 2 is 2.08 bits per heavy atom. The number of methoxy groups -OCH3 is 1. The van der Waals surface area contributed by atoms with Crippen molar-refractivity contribution in [3.8, 4) is 0 Å². The van der Waals surface area contributed by atoms with Gasteiger partial charge < -0.3 is 9.84 Å². The summed E-state index contributed by atoms with van der Waals surface area (Å²) < 4.78 is 5.22. The quantitative estimate of drug-likeness (QED) is 0.626. The zero-order valence-corrected chi connectivity index (χ0v) is 15.9. The van der Waals surface area contributed by atoms with Crippen molar-refractivity contribution >= 4 is 11.8 Å². The molecule has 0 heterocycles. The molecule has 138 valence electrons. The zero-order chi connectivity index (χ0) is 18.4. The molecule has 3 aliphatic rings. The van der Waals surface area contributed by atoms with Crippen LogP contribution < -0.4 is 0 Å². The number of hydrogen-bond donors (Lipinski definition) is 1. The Balaban J connectivity index is 2.17. The van der Waals surface area contributed by atoms with Crippen molar-refractivity contribution in [1.29, 1.82) is 0 Å². The maximum atomic E-state index is 13.1. The van der Waals surface area contributed by atoms with Gasteiger partial charge >= 0.3 is 5.97 Å². The van der Waals surface area contributed by atoms with E-state index in [-0.39, 0.29) is 24.3 Å². The SMILES string of the molecule is COC(=O)[C@]12CCC(C(C)C)=C1[C@H]1CC=C(CO)CC(=O)[C@]1(C)CC2. The van der Waals surface area contributed by atoms with Gasteiger partial charge in [-0.15, -0.1) is 0 Å². The average molecular weight is 346 g/mol. The van der Waals surface area contributed by atoms with Crippen LogP contribution in [0.2, 0.25) is 0 Å². The molecule has 4 heteroatoms. The van der Waals surface area contributed by atoms with Gasteiger partial charge in [0.2, 0.25) is 0 Å². The number of ketones is 1. The monoisotopic (exact) mass is 346 g/mol. The Morgan fingerprint density at radius 3 is 2.68 bits per heavy atom. The van der Waals surface area contributed by atoms with Gasteiger partial charge in [0.05, 0.1) is 19.1 Å². The number of Topliss-reactive ketones (excluding diaryl/α,β-unsaturated/α-hetero) is 1. The predicted octanol–water partition coefficient (Wildman–Crippen LogP) is 3.59. The average Bonchev–Trinajstić information content (AvgIpc) is 2.94. The van der Waals surface area contributed by atoms with Gasteiger partial charge in [0.15, 0.2) is 0 Å². The minimum Gasteiger partial charge on any atom is -0.468 e. The molecule has 1 N–H and O–H groups in total. The van der Waals surface area contributed by atoms with Gasteiger partial charge in [0, 0.05) is 11.8 Å². The van der Waals surface area contributed by atoms with Crippen LogP contribution in [0, 0.1) is 22.7 Å². The third kappa shape index (κ3) is 2.61. The van der Waals surface area contributed by atoms with E-state index in [1.165, 1.54) is 18.3 Å².